The van der Waals surface area contributed by atoms with Gasteiger partial charge in [-0.2, -0.15) is 5.26 Å². The van der Waals surface area contributed by atoms with Gasteiger partial charge in [-0.15, -0.1) is 0 Å². The molecule has 2 aliphatic rings. The summed E-state index contributed by atoms with van der Waals surface area (Å²) in [6.45, 7) is 0.315. The second kappa shape index (κ2) is 4.81. The van der Waals surface area contributed by atoms with Crippen LogP contribution in [0.4, 0.5) is 0 Å². The van der Waals surface area contributed by atoms with Gasteiger partial charge in [0.1, 0.15) is 13.2 Å². The van der Waals surface area contributed by atoms with Crippen LogP contribution in [0.5, 0.6) is 11.5 Å². The van der Waals surface area contributed by atoms with Crippen LogP contribution in [0.25, 0.3) is 0 Å². The number of rotatable bonds is 3. The van der Waals surface area contributed by atoms with Crippen molar-refractivity contribution in [3.05, 3.63) is 24.3 Å². The first-order valence-electron chi connectivity index (χ1n) is 6.35. The maximum atomic E-state index is 12.3. The van der Waals surface area contributed by atoms with Crippen molar-refractivity contribution in [3.8, 4) is 17.6 Å². The summed E-state index contributed by atoms with van der Waals surface area (Å²) in [5.41, 5.74) is 0. The quantitative estimate of drug-likeness (QED) is 0.767. The molecule has 1 aliphatic carbocycles. The molecular formula is C14H14N2O3. The van der Waals surface area contributed by atoms with Gasteiger partial charge in [0.2, 0.25) is 6.10 Å². The molecule has 5 heteroatoms. The fourth-order valence-electron chi connectivity index (χ4n) is 2.18. The molecule has 1 heterocycles. The Morgan fingerprint density at radius 2 is 2.11 bits per heavy atom. The number of hydrogen-bond acceptors (Lipinski definition) is 4. The van der Waals surface area contributed by atoms with Gasteiger partial charge in [-0.3, -0.25) is 4.79 Å². The van der Waals surface area contributed by atoms with E-state index in [1.165, 1.54) is 0 Å². The van der Waals surface area contributed by atoms with Crippen LogP contribution < -0.4 is 9.47 Å². The van der Waals surface area contributed by atoms with Crippen molar-refractivity contribution >= 4 is 5.91 Å². The molecule has 5 nitrogen and oxygen atoms in total. The standard InChI is InChI=1S/C14H14N2O3/c15-7-8-16(10-5-6-10)14(17)13-9-18-11-3-1-2-4-12(11)19-13/h1-4,10,13H,5-6,8-9H2/t13-/m1/s1. The molecule has 1 saturated carbocycles. The van der Waals surface area contributed by atoms with Crippen molar-refractivity contribution in [2.75, 3.05) is 13.2 Å². The molecule has 19 heavy (non-hydrogen) atoms. The Hall–Kier alpha value is -2.22. The third-order valence-electron chi connectivity index (χ3n) is 3.30. The first-order valence-corrected chi connectivity index (χ1v) is 6.35. The Balaban J connectivity index is 1.73. The van der Waals surface area contributed by atoms with Gasteiger partial charge in [0.25, 0.3) is 5.91 Å². The molecular weight excluding hydrogens is 244 g/mol. The second-order valence-corrected chi connectivity index (χ2v) is 4.72. The predicted octanol–water partition coefficient (Wildman–Crippen LogP) is 1.34. The highest BCUT2D eigenvalue weighted by molar-refractivity contribution is 5.82. The van der Waals surface area contributed by atoms with Crippen molar-refractivity contribution in [3.63, 3.8) is 0 Å². The minimum absolute atomic E-state index is 0.116. The summed E-state index contributed by atoms with van der Waals surface area (Å²) in [5, 5.41) is 8.80. The number of carbonyl (C=O) groups excluding carboxylic acids is 1. The Morgan fingerprint density at radius 3 is 2.79 bits per heavy atom. The van der Waals surface area contributed by atoms with Gasteiger partial charge in [0, 0.05) is 6.04 Å². The minimum Gasteiger partial charge on any atom is -0.485 e. The van der Waals surface area contributed by atoms with Crippen LogP contribution in [0.1, 0.15) is 12.8 Å². The molecule has 3 rings (SSSR count). The number of carbonyl (C=O) groups is 1. The summed E-state index contributed by atoms with van der Waals surface area (Å²) in [4.78, 5) is 13.9. The highest BCUT2D eigenvalue weighted by Gasteiger charge is 2.38. The molecule has 1 atom stereocenters. The van der Waals surface area contributed by atoms with E-state index in [0.717, 1.165) is 12.8 Å². The van der Waals surface area contributed by atoms with E-state index in [2.05, 4.69) is 0 Å². The van der Waals surface area contributed by atoms with E-state index < -0.39 is 6.10 Å². The normalized spacial score (nSPS) is 20.5. The third-order valence-corrected chi connectivity index (χ3v) is 3.30. The van der Waals surface area contributed by atoms with E-state index in [1.807, 2.05) is 24.3 Å². The maximum Gasteiger partial charge on any atom is 0.268 e. The zero-order chi connectivity index (χ0) is 13.2. The monoisotopic (exact) mass is 258 g/mol. The summed E-state index contributed by atoms with van der Waals surface area (Å²) in [5.74, 6) is 1.09. The number of benzene rings is 1. The second-order valence-electron chi connectivity index (χ2n) is 4.72. The van der Waals surface area contributed by atoms with Gasteiger partial charge in [0.15, 0.2) is 11.5 Å². The molecule has 0 saturated heterocycles. The Bertz CT molecular complexity index is 534. The van der Waals surface area contributed by atoms with E-state index in [9.17, 15) is 4.79 Å². The largest absolute Gasteiger partial charge is 0.485 e. The Kier molecular flexibility index (Phi) is 3.00. The first kappa shape index (κ1) is 11.8. The fourth-order valence-corrected chi connectivity index (χ4v) is 2.18. The summed E-state index contributed by atoms with van der Waals surface area (Å²) in [6, 6.07) is 9.52. The van der Waals surface area contributed by atoms with Gasteiger partial charge >= 0.3 is 0 Å². The number of para-hydroxylation sites is 2. The van der Waals surface area contributed by atoms with Crippen LogP contribution in [0, 0.1) is 11.3 Å². The average Bonchev–Trinajstić information content (AvgIpc) is 3.28. The molecule has 1 amide bonds. The van der Waals surface area contributed by atoms with Crippen molar-refractivity contribution in [2.24, 2.45) is 0 Å². The van der Waals surface area contributed by atoms with Gasteiger partial charge in [0.05, 0.1) is 6.07 Å². The topological polar surface area (TPSA) is 62.6 Å². The van der Waals surface area contributed by atoms with E-state index in [4.69, 9.17) is 14.7 Å². The Morgan fingerprint density at radius 1 is 1.37 bits per heavy atom. The zero-order valence-electron chi connectivity index (χ0n) is 10.4. The first-order chi connectivity index (χ1) is 9.29. The number of nitriles is 1. The predicted molar refractivity (Wildman–Crippen MR) is 66.7 cm³/mol. The van der Waals surface area contributed by atoms with Crippen LogP contribution in [-0.2, 0) is 4.79 Å². The summed E-state index contributed by atoms with van der Waals surface area (Å²) in [7, 11) is 0. The van der Waals surface area contributed by atoms with Crippen LogP contribution >= 0.6 is 0 Å². The molecule has 0 radical (unpaired) electrons. The lowest BCUT2D eigenvalue weighted by Gasteiger charge is -2.29. The average molecular weight is 258 g/mol. The van der Waals surface area contributed by atoms with Crippen molar-refractivity contribution in [2.45, 2.75) is 25.0 Å². The molecule has 0 spiro atoms. The number of fused-ring (bicyclic) bond motifs is 1. The molecule has 0 aromatic heterocycles. The Labute approximate surface area is 111 Å². The summed E-state index contributed by atoms with van der Waals surface area (Å²) in [6.07, 6.45) is 1.29. The fraction of sp³-hybridized carbons (Fsp3) is 0.429. The zero-order valence-corrected chi connectivity index (χ0v) is 10.4. The number of nitrogens with zero attached hydrogens (tertiary/aromatic N) is 2. The summed E-state index contributed by atoms with van der Waals surface area (Å²) >= 11 is 0. The lowest BCUT2D eigenvalue weighted by molar-refractivity contribution is -0.141. The van der Waals surface area contributed by atoms with Crippen LogP contribution in [-0.4, -0.2) is 36.1 Å². The van der Waals surface area contributed by atoms with Crippen LogP contribution in [0.15, 0.2) is 24.3 Å². The van der Waals surface area contributed by atoms with Crippen molar-refractivity contribution < 1.29 is 14.3 Å². The molecule has 1 aromatic rings. The van der Waals surface area contributed by atoms with E-state index >= 15 is 0 Å². The van der Waals surface area contributed by atoms with Crippen LogP contribution in [0.3, 0.4) is 0 Å². The lowest BCUT2D eigenvalue weighted by atomic mass is 10.2. The molecule has 1 aromatic carbocycles. The van der Waals surface area contributed by atoms with Crippen molar-refractivity contribution in [1.29, 1.82) is 5.26 Å². The smallest absolute Gasteiger partial charge is 0.268 e. The number of hydrogen-bond donors (Lipinski definition) is 0. The number of ether oxygens (including phenoxy) is 2. The summed E-state index contributed by atoms with van der Waals surface area (Å²) < 4.78 is 11.2. The lowest BCUT2D eigenvalue weighted by Crippen LogP contribution is -2.47. The molecule has 0 unspecified atom stereocenters. The minimum atomic E-state index is -0.649. The van der Waals surface area contributed by atoms with Gasteiger partial charge in [-0.1, -0.05) is 12.1 Å². The highest BCUT2D eigenvalue weighted by atomic mass is 16.6. The van der Waals surface area contributed by atoms with Gasteiger partial charge < -0.3 is 14.4 Å². The third kappa shape index (κ3) is 2.34. The van der Waals surface area contributed by atoms with E-state index in [0.29, 0.717) is 11.5 Å². The maximum absolute atomic E-state index is 12.3. The van der Waals surface area contributed by atoms with Gasteiger partial charge in [-0.25, -0.2) is 0 Å². The van der Waals surface area contributed by atoms with Gasteiger partial charge in [-0.05, 0) is 25.0 Å². The van der Waals surface area contributed by atoms with Crippen molar-refractivity contribution in [1.82, 2.24) is 4.90 Å². The molecule has 0 N–H and O–H groups in total. The molecule has 1 aliphatic heterocycles. The van der Waals surface area contributed by atoms with E-state index in [-0.39, 0.29) is 25.1 Å². The SMILES string of the molecule is N#CCN(C(=O)[C@H]1COc2ccccc2O1)C1CC1. The highest BCUT2D eigenvalue weighted by Crippen LogP contribution is 2.33. The molecule has 1 fully saturated rings. The molecule has 0 bridgehead atoms. The molecule has 98 valence electrons. The van der Waals surface area contributed by atoms with Crippen LogP contribution in [0.2, 0.25) is 0 Å². The van der Waals surface area contributed by atoms with E-state index in [1.54, 1.807) is 11.0 Å². The number of amides is 1.